The Labute approximate surface area is 125 Å². The van der Waals surface area contributed by atoms with Gasteiger partial charge in [0.1, 0.15) is 17.7 Å². The number of rotatable bonds is 1. The summed E-state index contributed by atoms with van der Waals surface area (Å²) in [7, 11) is 0. The van der Waals surface area contributed by atoms with Crippen LogP contribution in [0.3, 0.4) is 0 Å². The van der Waals surface area contributed by atoms with Crippen molar-refractivity contribution in [1.29, 1.82) is 0 Å². The molecule has 0 bridgehead atoms. The standard InChI is InChI=1S/C18H12FNO2/c19-12-7-8-20-15(9-12)14-10-22-16-6-5-11-3-1-2-4-13(11)17(16)18(14)21/h1-7,9-10,20H,8H2. The summed E-state index contributed by atoms with van der Waals surface area (Å²) < 4.78 is 19.0. The molecule has 2 aromatic carbocycles. The lowest BCUT2D eigenvalue weighted by atomic mass is 10.0. The molecule has 3 aromatic rings. The van der Waals surface area contributed by atoms with Crippen molar-refractivity contribution in [2.45, 2.75) is 0 Å². The number of halogens is 1. The largest absolute Gasteiger partial charge is 0.463 e. The molecular weight excluding hydrogens is 281 g/mol. The van der Waals surface area contributed by atoms with Crippen molar-refractivity contribution in [1.82, 2.24) is 5.32 Å². The molecule has 0 saturated heterocycles. The lowest BCUT2D eigenvalue weighted by molar-refractivity contribution is 0.599. The predicted molar refractivity (Wildman–Crippen MR) is 85.2 cm³/mol. The third kappa shape index (κ3) is 1.92. The highest BCUT2D eigenvalue weighted by atomic mass is 19.1. The van der Waals surface area contributed by atoms with Crippen LogP contribution in [-0.4, -0.2) is 6.54 Å². The zero-order valence-electron chi connectivity index (χ0n) is 11.6. The highest BCUT2D eigenvalue weighted by molar-refractivity contribution is 6.05. The van der Waals surface area contributed by atoms with Crippen LogP contribution in [0, 0.1) is 0 Å². The first-order chi connectivity index (χ1) is 10.7. The molecule has 0 spiro atoms. The Morgan fingerprint density at radius 3 is 2.86 bits per heavy atom. The number of fused-ring (bicyclic) bond motifs is 3. The van der Waals surface area contributed by atoms with Gasteiger partial charge < -0.3 is 9.73 Å². The SMILES string of the molecule is O=c1c(C2=CC(F)=CCN2)coc2ccc3ccccc3c12. The van der Waals surface area contributed by atoms with Crippen LogP contribution in [0.1, 0.15) is 5.56 Å². The molecule has 0 radical (unpaired) electrons. The molecule has 3 nitrogen and oxygen atoms in total. The van der Waals surface area contributed by atoms with Crippen molar-refractivity contribution in [2.75, 3.05) is 6.54 Å². The zero-order valence-corrected chi connectivity index (χ0v) is 11.6. The highest BCUT2D eigenvalue weighted by Gasteiger charge is 2.15. The first-order valence-electron chi connectivity index (χ1n) is 6.99. The van der Waals surface area contributed by atoms with E-state index in [4.69, 9.17) is 4.42 Å². The van der Waals surface area contributed by atoms with Crippen LogP contribution < -0.4 is 10.7 Å². The molecule has 0 amide bonds. The number of dihydropyridines is 1. The summed E-state index contributed by atoms with van der Waals surface area (Å²) in [6, 6.07) is 11.3. The Morgan fingerprint density at radius 2 is 2.00 bits per heavy atom. The lowest BCUT2D eigenvalue weighted by Crippen LogP contribution is -2.21. The minimum absolute atomic E-state index is 0.161. The second-order valence-electron chi connectivity index (χ2n) is 5.17. The Balaban J connectivity index is 2.07. The highest BCUT2D eigenvalue weighted by Crippen LogP contribution is 2.25. The first kappa shape index (κ1) is 12.8. The van der Waals surface area contributed by atoms with Crippen molar-refractivity contribution in [3.05, 3.63) is 76.4 Å². The molecule has 2 heterocycles. The zero-order chi connectivity index (χ0) is 15.1. The van der Waals surface area contributed by atoms with Crippen LogP contribution in [0.4, 0.5) is 4.39 Å². The molecule has 4 heteroatoms. The average molecular weight is 293 g/mol. The number of hydrogen-bond acceptors (Lipinski definition) is 3. The number of allylic oxidation sites excluding steroid dienone is 2. The van der Waals surface area contributed by atoms with E-state index in [1.165, 1.54) is 18.4 Å². The van der Waals surface area contributed by atoms with Gasteiger partial charge in [0, 0.05) is 6.54 Å². The van der Waals surface area contributed by atoms with Gasteiger partial charge in [0.2, 0.25) is 5.43 Å². The maximum absolute atomic E-state index is 13.4. The summed E-state index contributed by atoms with van der Waals surface area (Å²) in [5.41, 5.74) is 1.15. The van der Waals surface area contributed by atoms with E-state index in [-0.39, 0.29) is 11.3 Å². The van der Waals surface area contributed by atoms with Crippen molar-refractivity contribution in [3.63, 3.8) is 0 Å². The van der Waals surface area contributed by atoms with Gasteiger partial charge in [-0.15, -0.1) is 0 Å². The average Bonchev–Trinajstić information content (AvgIpc) is 2.55. The van der Waals surface area contributed by atoms with Gasteiger partial charge in [-0.3, -0.25) is 4.79 Å². The molecule has 0 unspecified atom stereocenters. The van der Waals surface area contributed by atoms with Gasteiger partial charge in [-0.05, 0) is 29.0 Å². The Kier molecular flexibility index (Phi) is 2.82. The predicted octanol–water partition coefficient (Wildman–Crippen LogP) is 3.74. The van der Waals surface area contributed by atoms with Gasteiger partial charge in [0.05, 0.1) is 16.6 Å². The van der Waals surface area contributed by atoms with Crippen LogP contribution in [0.2, 0.25) is 0 Å². The van der Waals surface area contributed by atoms with Crippen molar-refractivity contribution in [2.24, 2.45) is 0 Å². The topological polar surface area (TPSA) is 42.2 Å². The monoisotopic (exact) mass is 293 g/mol. The first-order valence-corrected chi connectivity index (χ1v) is 6.99. The van der Waals surface area contributed by atoms with Crippen molar-refractivity contribution in [3.8, 4) is 0 Å². The molecule has 0 atom stereocenters. The van der Waals surface area contributed by atoms with Gasteiger partial charge in [-0.1, -0.05) is 30.3 Å². The third-order valence-electron chi connectivity index (χ3n) is 3.83. The quantitative estimate of drug-likeness (QED) is 0.695. The van der Waals surface area contributed by atoms with Gasteiger partial charge in [0.25, 0.3) is 0 Å². The molecule has 4 rings (SSSR count). The van der Waals surface area contributed by atoms with Crippen molar-refractivity contribution >= 4 is 27.4 Å². The number of hydrogen-bond donors (Lipinski definition) is 1. The fraction of sp³-hybridized carbons (Fsp3) is 0.0556. The fourth-order valence-corrected chi connectivity index (χ4v) is 2.76. The summed E-state index contributed by atoms with van der Waals surface area (Å²) in [4.78, 5) is 12.9. The molecular formula is C18H12FNO2. The third-order valence-corrected chi connectivity index (χ3v) is 3.83. The minimum atomic E-state index is -0.355. The van der Waals surface area contributed by atoms with E-state index in [1.54, 1.807) is 6.07 Å². The van der Waals surface area contributed by atoms with E-state index in [0.717, 1.165) is 10.8 Å². The summed E-state index contributed by atoms with van der Waals surface area (Å²) in [6.45, 7) is 0.352. The molecule has 0 saturated carbocycles. The smallest absolute Gasteiger partial charge is 0.202 e. The van der Waals surface area contributed by atoms with Gasteiger partial charge in [0.15, 0.2) is 0 Å². The summed E-state index contributed by atoms with van der Waals surface area (Å²) in [5, 5.41) is 5.33. The Hall–Kier alpha value is -2.88. The molecule has 1 N–H and O–H groups in total. The lowest BCUT2D eigenvalue weighted by Gasteiger charge is -2.13. The van der Waals surface area contributed by atoms with E-state index in [1.807, 2.05) is 30.3 Å². The minimum Gasteiger partial charge on any atom is -0.463 e. The van der Waals surface area contributed by atoms with Crippen LogP contribution in [0.25, 0.3) is 27.4 Å². The van der Waals surface area contributed by atoms with Crippen LogP contribution in [0.5, 0.6) is 0 Å². The molecule has 108 valence electrons. The summed E-state index contributed by atoms with van der Waals surface area (Å²) >= 11 is 0. The Bertz CT molecular complexity index is 1010. The van der Waals surface area contributed by atoms with Crippen LogP contribution in [-0.2, 0) is 0 Å². The maximum Gasteiger partial charge on any atom is 0.202 e. The van der Waals surface area contributed by atoms with Gasteiger partial charge >= 0.3 is 0 Å². The maximum atomic E-state index is 13.4. The molecule has 0 fully saturated rings. The van der Waals surface area contributed by atoms with Crippen molar-refractivity contribution < 1.29 is 8.81 Å². The van der Waals surface area contributed by atoms with E-state index < -0.39 is 0 Å². The molecule has 22 heavy (non-hydrogen) atoms. The summed E-state index contributed by atoms with van der Waals surface area (Å²) in [6.07, 6.45) is 4.12. The number of nitrogens with one attached hydrogen (secondary N) is 1. The van der Waals surface area contributed by atoms with E-state index in [9.17, 15) is 9.18 Å². The van der Waals surface area contributed by atoms with Crippen LogP contribution >= 0.6 is 0 Å². The van der Waals surface area contributed by atoms with Gasteiger partial charge in [-0.25, -0.2) is 4.39 Å². The van der Waals surface area contributed by atoms with Crippen LogP contribution in [0.15, 0.2) is 69.9 Å². The van der Waals surface area contributed by atoms with Gasteiger partial charge in [-0.2, -0.15) is 0 Å². The molecule has 0 aliphatic carbocycles. The molecule has 1 aromatic heterocycles. The fourth-order valence-electron chi connectivity index (χ4n) is 2.76. The van der Waals surface area contributed by atoms with E-state index in [0.29, 0.717) is 28.8 Å². The second kappa shape index (κ2) is 4.84. The molecule has 1 aliphatic heterocycles. The van der Waals surface area contributed by atoms with E-state index in [2.05, 4.69) is 5.32 Å². The second-order valence-corrected chi connectivity index (χ2v) is 5.17. The molecule has 1 aliphatic rings. The Morgan fingerprint density at radius 1 is 1.14 bits per heavy atom. The van der Waals surface area contributed by atoms with E-state index >= 15 is 0 Å². The number of benzene rings is 2. The normalized spacial score (nSPS) is 14.6. The summed E-state index contributed by atoms with van der Waals surface area (Å²) in [5.74, 6) is -0.355.